The van der Waals surface area contributed by atoms with Crippen LogP contribution in [0.1, 0.15) is 25.7 Å². The summed E-state index contributed by atoms with van der Waals surface area (Å²) in [7, 11) is 0. The van der Waals surface area contributed by atoms with Gasteiger partial charge in [0.15, 0.2) is 0 Å². The van der Waals surface area contributed by atoms with Crippen molar-refractivity contribution in [3.8, 4) is 0 Å². The standard InChI is InChI=1S/C19H18BrN3O3/c20-15-3-1-2-12-10-13(4-5-14(12)15)21-16(24)11-6-8-19(9-7-11)17(25)22-18(26)23-19/h1-5,10-11H,6-9H2,(H,21,24)(H2,22,23,25,26). The second-order valence-corrected chi connectivity index (χ2v) is 7.78. The Morgan fingerprint density at radius 3 is 2.62 bits per heavy atom. The first kappa shape index (κ1) is 17.0. The molecule has 1 heterocycles. The number of carbonyl (C=O) groups excluding carboxylic acids is 3. The minimum atomic E-state index is -0.830. The highest BCUT2D eigenvalue weighted by atomic mass is 79.9. The summed E-state index contributed by atoms with van der Waals surface area (Å²) in [6, 6.07) is 11.3. The molecular formula is C19H18BrN3O3. The molecule has 0 aromatic heterocycles. The molecule has 4 amide bonds. The number of carbonyl (C=O) groups is 3. The molecule has 2 aromatic rings. The molecule has 1 spiro atoms. The molecule has 2 aliphatic rings. The van der Waals surface area contributed by atoms with Crippen molar-refractivity contribution in [1.82, 2.24) is 10.6 Å². The average molecular weight is 416 g/mol. The molecule has 0 bridgehead atoms. The summed E-state index contributed by atoms with van der Waals surface area (Å²) in [6.07, 6.45) is 2.10. The van der Waals surface area contributed by atoms with E-state index in [0.29, 0.717) is 25.7 Å². The minimum absolute atomic E-state index is 0.0427. The quantitative estimate of drug-likeness (QED) is 0.657. The van der Waals surface area contributed by atoms with Crippen LogP contribution in [0.5, 0.6) is 0 Å². The molecule has 6 nitrogen and oxygen atoms in total. The van der Waals surface area contributed by atoms with Crippen LogP contribution in [-0.2, 0) is 9.59 Å². The SMILES string of the molecule is O=C1NC(=O)C2(CCC(C(=O)Nc3ccc4c(Br)cccc4c3)CC2)N1. The number of amides is 4. The second-order valence-electron chi connectivity index (χ2n) is 6.93. The molecule has 2 fully saturated rings. The van der Waals surface area contributed by atoms with Crippen LogP contribution in [0.3, 0.4) is 0 Å². The number of hydrogen-bond acceptors (Lipinski definition) is 3. The number of imide groups is 1. The largest absolute Gasteiger partial charge is 0.326 e. The number of rotatable bonds is 2. The Kier molecular flexibility index (Phi) is 4.19. The third-order valence-electron chi connectivity index (χ3n) is 5.32. The van der Waals surface area contributed by atoms with Gasteiger partial charge in [0.1, 0.15) is 5.54 Å². The molecule has 26 heavy (non-hydrogen) atoms. The zero-order valence-corrected chi connectivity index (χ0v) is 15.6. The molecule has 1 aliphatic heterocycles. The van der Waals surface area contributed by atoms with Crippen molar-refractivity contribution in [2.45, 2.75) is 31.2 Å². The first-order valence-electron chi connectivity index (χ1n) is 8.60. The molecule has 0 atom stereocenters. The van der Waals surface area contributed by atoms with Crippen molar-refractivity contribution >= 4 is 50.2 Å². The van der Waals surface area contributed by atoms with Crippen molar-refractivity contribution in [3.05, 3.63) is 40.9 Å². The number of nitrogens with one attached hydrogen (secondary N) is 3. The Bertz CT molecular complexity index is 919. The maximum absolute atomic E-state index is 12.6. The van der Waals surface area contributed by atoms with Gasteiger partial charge < -0.3 is 10.6 Å². The van der Waals surface area contributed by atoms with Gasteiger partial charge in [-0.2, -0.15) is 0 Å². The molecule has 3 N–H and O–H groups in total. The molecule has 2 aromatic carbocycles. The van der Waals surface area contributed by atoms with E-state index in [1.54, 1.807) is 0 Å². The lowest BCUT2D eigenvalue weighted by atomic mass is 9.76. The van der Waals surface area contributed by atoms with Gasteiger partial charge in [-0.15, -0.1) is 0 Å². The fraction of sp³-hybridized carbons (Fsp3) is 0.316. The zero-order chi connectivity index (χ0) is 18.3. The topological polar surface area (TPSA) is 87.3 Å². The van der Waals surface area contributed by atoms with E-state index in [-0.39, 0.29) is 17.7 Å². The normalized spacial score (nSPS) is 25.2. The third kappa shape index (κ3) is 2.96. The molecule has 1 aliphatic carbocycles. The fourth-order valence-corrected chi connectivity index (χ4v) is 4.33. The Hall–Kier alpha value is -2.41. The van der Waals surface area contributed by atoms with Gasteiger partial charge in [0.25, 0.3) is 5.91 Å². The van der Waals surface area contributed by atoms with E-state index in [0.717, 1.165) is 20.9 Å². The lowest BCUT2D eigenvalue weighted by molar-refractivity contribution is -0.128. The maximum Gasteiger partial charge on any atom is 0.322 e. The highest BCUT2D eigenvalue weighted by molar-refractivity contribution is 9.10. The van der Waals surface area contributed by atoms with E-state index in [2.05, 4.69) is 31.9 Å². The van der Waals surface area contributed by atoms with E-state index in [9.17, 15) is 14.4 Å². The molecule has 1 saturated heterocycles. The Labute approximate surface area is 158 Å². The van der Waals surface area contributed by atoms with E-state index < -0.39 is 11.6 Å². The Balaban J connectivity index is 1.43. The van der Waals surface area contributed by atoms with Gasteiger partial charge in [0.2, 0.25) is 5.91 Å². The van der Waals surface area contributed by atoms with Crippen molar-refractivity contribution < 1.29 is 14.4 Å². The first-order chi connectivity index (χ1) is 12.5. The number of halogens is 1. The van der Waals surface area contributed by atoms with Crippen LogP contribution < -0.4 is 16.0 Å². The summed E-state index contributed by atoms with van der Waals surface area (Å²) < 4.78 is 1.02. The fourth-order valence-electron chi connectivity index (χ4n) is 3.82. The summed E-state index contributed by atoms with van der Waals surface area (Å²) in [5.41, 5.74) is -0.0730. The van der Waals surface area contributed by atoms with Crippen LogP contribution in [0, 0.1) is 5.92 Å². The van der Waals surface area contributed by atoms with E-state index in [4.69, 9.17) is 0 Å². The number of benzene rings is 2. The van der Waals surface area contributed by atoms with Crippen molar-refractivity contribution in [2.75, 3.05) is 5.32 Å². The lowest BCUT2D eigenvalue weighted by Gasteiger charge is -2.33. The van der Waals surface area contributed by atoms with Crippen LogP contribution in [0.2, 0.25) is 0 Å². The van der Waals surface area contributed by atoms with E-state index >= 15 is 0 Å². The highest BCUT2D eigenvalue weighted by Crippen LogP contribution is 2.35. The summed E-state index contributed by atoms with van der Waals surface area (Å²) in [5, 5.41) is 10.1. The van der Waals surface area contributed by atoms with Gasteiger partial charge in [-0.1, -0.05) is 34.1 Å². The minimum Gasteiger partial charge on any atom is -0.326 e. The Morgan fingerprint density at radius 2 is 1.92 bits per heavy atom. The smallest absolute Gasteiger partial charge is 0.322 e. The van der Waals surface area contributed by atoms with Crippen molar-refractivity contribution in [3.63, 3.8) is 0 Å². The monoisotopic (exact) mass is 415 g/mol. The number of hydrogen-bond donors (Lipinski definition) is 3. The van der Waals surface area contributed by atoms with Gasteiger partial charge in [0.05, 0.1) is 0 Å². The van der Waals surface area contributed by atoms with Crippen LogP contribution in [0.4, 0.5) is 10.5 Å². The highest BCUT2D eigenvalue weighted by Gasteiger charge is 2.48. The molecule has 134 valence electrons. The molecule has 1 saturated carbocycles. The second kappa shape index (κ2) is 6.39. The van der Waals surface area contributed by atoms with Gasteiger partial charge in [-0.3, -0.25) is 14.9 Å². The molecule has 0 radical (unpaired) electrons. The maximum atomic E-state index is 12.6. The van der Waals surface area contributed by atoms with Gasteiger partial charge in [-0.25, -0.2) is 4.79 Å². The van der Waals surface area contributed by atoms with Crippen LogP contribution in [0.25, 0.3) is 10.8 Å². The average Bonchev–Trinajstić information content (AvgIpc) is 2.88. The van der Waals surface area contributed by atoms with Crippen molar-refractivity contribution in [1.29, 1.82) is 0 Å². The Morgan fingerprint density at radius 1 is 1.15 bits per heavy atom. The lowest BCUT2D eigenvalue weighted by Crippen LogP contribution is -2.50. The summed E-state index contributed by atoms with van der Waals surface area (Å²) >= 11 is 3.52. The van der Waals surface area contributed by atoms with Gasteiger partial charge >= 0.3 is 6.03 Å². The van der Waals surface area contributed by atoms with Crippen molar-refractivity contribution in [2.24, 2.45) is 5.92 Å². The van der Waals surface area contributed by atoms with E-state index in [1.807, 2.05) is 36.4 Å². The summed E-state index contributed by atoms with van der Waals surface area (Å²) in [4.78, 5) is 36.0. The molecule has 4 rings (SSSR count). The summed E-state index contributed by atoms with van der Waals surface area (Å²) in [6.45, 7) is 0. The van der Waals surface area contributed by atoms with Crippen LogP contribution in [0.15, 0.2) is 40.9 Å². The molecule has 0 unspecified atom stereocenters. The number of anilines is 1. The molecular weight excluding hydrogens is 398 g/mol. The predicted octanol–water partition coefficient (Wildman–Crippen LogP) is 3.31. The predicted molar refractivity (Wildman–Crippen MR) is 102 cm³/mol. The number of fused-ring (bicyclic) bond motifs is 1. The third-order valence-corrected chi connectivity index (χ3v) is 6.01. The van der Waals surface area contributed by atoms with Gasteiger partial charge in [0, 0.05) is 16.1 Å². The zero-order valence-electron chi connectivity index (χ0n) is 14.0. The van der Waals surface area contributed by atoms with Crippen LogP contribution >= 0.6 is 15.9 Å². The first-order valence-corrected chi connectivity index (χ1v) is 9.39. The number of urea groups is 1. The summed E-state index contributed by atoms with van der Waals surface area (Å²) in [5.74, 6) is -0.482. The molecule has 7 heteroatoms. The van der Waals surface area contributed by atoms with Crippen LogP contribution in [-0.4, -0.2) is 23.4 Å². The van der Waals surface area contributed by atoms with Gasteiger partial charge in [-0.05, 0) is 54.7 Å². The van der Waals surface area contributed by atoms with E-state index in [1.165, 1.54) is 0 Å².